The smallest absolute Gasteiger partial charge is 0.237 e. The van der Waals surface area contributed by atoms with Gasteiger partial charge in [-0.05, 0) is 61.7 Å². The number of aryl methyl sites for hydroxylation is 2. The molecule has 2 aromatic carbocycles. The number of para-hydroxylation sites is 1. The molecule has 27 heavy (non-hydrogen) atoms. The van der Waals surface area contributed by atoms with Crippen molar-refractivity contribution in [3.63, 3.8) is 0 Å². The van der Waals surface area contributed by atoms with E-state index in [-0.39, 0.29) is 11.2 Å². The van der Waals surface area contributed by atoms with E-state index in [1.54, 1.807) is 7.11 Å². The average molecular weight is 381 g/mol. The first-order valence-electron chi connectivity index (χ1n) is 9.00. The van der Waals surface area contributed by atoms with Gasteiger partial charge in [0.25, 0.3) is 0 Å². The number of rotatable bonds is 6. The Labute approximate surface area is 164 Å². The van der Waals surface area contributed by atoms with Gasteiger partial charge in [-0.15, -0.1) is 0 Å². The van der Waals surface area contributed by atoms with Crippen LogP contribution in [-0.4, -0.2) is 23.3 Å². The molecule has 0 aliphatic carbocycles. The number of hydrogen-bond donors (Lipinski definition) is 1. The first-order valence-corrected chi connectivity index (χ1v) is 9.88. The van der Waals surface area contributed by atoms with Crippen molar-refractivity contribution < 1.29 is 9.53 Å². The van der Waals surface area contributed by atoms with E-state index in [0.717, 1.165) is 39.4 Å². The van der Waals surface area contributed by atoms with Gasteiger partial charge in [-0.3, -0.25) is 4.79 Å². The number of nitrogens with zero attached hydrogens (tertiary/aromatic N) is 1. The SMILES string of the molecule is CCC(Sc1cc(C)c2cccc(C)c2n1)C(=O)Nc1ccc(OC)cc1. The minimum Gasteiger partial charge on any atom is -0.497 e. The molecule has 1 heterocycles. The number of anilines is 1. The van der Waals surface area contributed by atoms with Crippen LogP contribution in [0.25, 0.3) is 10.9 Å². The third-order valence-corrected chi connectivity index (χ3v) is 5.79. The predicted molar refractivity (Wildman–Crippen MR) is 113 cm³/mol. The topological polar surface area (TPSA) is 51.2 Å². The van der Waals surface area contributed by atoms with Crippen LogP contribution in [0.1, 0.15) is 24.5 Å². The summed E-state index contributed by atoms with van der Waals surface area (Å²) in [6, 6.07) is 15.6. The first kappa shape index (κ1) is 19.2. The Morgan fingerprint density at radius 1 is 1.15 bits per heavy atom. The van der Waals surface area contributed by atoms with Gasteiger partial charge in [-0.25, -0.2) is 4.98 Å². The summed E-state index contributed by atoms with van der Waals surface area (Å²) in [6.45, 7) is 6.17. The Morgan fingerprint density at radius 3 is 2.56 bits per heavy atom. The summed E-state index contributed by atoms with van der Waals surface area (Å²) >= 11 is 1.51. The van der Waals surface area contributed by atoms with Crippen molar-refractivity contribution in [2.24, 2.45) is 0 Å². The van der Waals surface area contributed by atoms with Gasteiger partial charge in [0.15, 0.2) is 0 Å². The summed E-state index contributed by atoms with van der Waals surface area (Å²) in [4.78, 5) is 17.5. The number of fused-ring (bicyclic) bond motifs is 1. The lowest BCUT2D eigenvalue weighted by Gasteiger charge is -2.16. The molecular weight excluding hydrogens is 356 g/mol. The van der Waals surface area contributed by atoms with E-state index < -0.39 is 0 Å². The van der Waals surface area contributed by atoms with E-state index in [2.05, 4.69) is 43.4 Å². The third-order valence-electron chi connectivity index (χ3n) is 4.51. The molecule has 0 aliphatic heterocycles. The highest BCUT2D eigenvalue weighted by Crippen LogP contribution is 2.30. The van der Waals surface area contributed by atoms with Crippen LogP contribution >= 0.6 is 11.8 Å². The number of amides is 1. The molecular formula is C22H24N2O2S. The minimum atomic E-state index is -0.208. The van der Waals surface area contributed by atoms with Crippen LogP contribution in [0, 0.1) is 13.8 Å². The molecule has 0 saturated heterocycles. The van der Waals surface area contributed by atoms with Gasteiger partial charge in [0.1, 0.15) is 5.75 Å². The van der Waals surface area contributed by atoms with Crippen molar-refractivity contribution in [3.05, 3.63) is 59.7 Å². The number of pyridine rings is 1. The molecule has 1 atom stereocenters. The zero-order valence-corrected chi connectivity index (χ0v) is 16.9. The van der Waals surface area contributed by atoms with Crippen LogP contribution in [0.5, 0.6) is 5.75 Å². The fraction of sp³-hybridized carbons (Fsp3) is 0.273. The molecule has 1 unspecified atom stereocenters. The second-order valence-electron chi connectivity index (χ2n) is 6.48. The normalized spacial score (nSPS) is 12.0. The van der Waals surface area contributed by atoms with E-state index >= 15 is 0 Å². The highest BCUT2D eigenvalue weighted by molar-refractivity contribution is 8.00. The lowest BCUT2D eigenvalue weighted by Crippen LogP contribution is -2.24. The molecule has 3 rings (SSSR count). The highest BCUT2D eigenvalue weighted by Gasteiger charge is 2.19. The minimum absolute atomic E-state index is 0.0167. The molecule has 0 saturated carbocycles. The summed E-state index contributed by atoms with van der Waals surface area (Å²) in [5.41, 5.74) is 4.09. The summed E-state index contributed by atoms with van der Waals surface area (Å²) in [7, 11) is 1.62. The fourth-order valence-corrected chi connectivity index (χ4v) is 3.97. The Balaban J connectivity index is 1.78. The van der Waals surface area contributed by atoms with E-state index in [1.165, 1.54) is 17.3 Å². The standard InChI is InChI=1S/C22H24N2O2S/c1-5-19(22(25)23-16-9-11-17(26-4)12-10-16)27-20-13-15(3)18-8-6-7-14(2)21(18)24-20/h6-13,19H,5H2,1-4H3,(H,23,25). The Bertz CT molecular complexity index is 954. The maximum Gasteiger partial charge on any atom is 0.237 e. The number of ether oxygens (including phenoxy) is 1. The largest absolute Gasteiger partial charge is 0.497 e. The van der Waals surface area contributed by atoms with Crippen molar-refractivity contribution in [1.82, 2.24) is 4.98 Å². The van der Waals surface area contributed by atoms with Crippen molar-refractivity contribution >= 4 is 34.3 Å². The van der Waals surface area contributed by atoms with Crippen molar-refractivity contribution in [3.8, 4) is 5.75 Å². The number of hydrogen-bond acceptors (Lipinski definition) is 4. The summed E-state index contributed by atoms with van der Waals surface area (Å²) < 4.78 is 5.15. The molecule has 140 valence electrons. The van der Waals surface area contributed by atoms with Crippen LogP contribution in [0.3, 0.4) is 0 Å². The number of benzene rings is 2. The summed E-state index contributed by atoms with van der Waals surface area (Å²) in [6.07, 6.45) is 0.721. The predicted octanol–water partition coefficient (Wildman–Crippen LogP) is 5.37. The van der Waals surface area contributed by atoms with Crippen molar-refractivity contribution in [1.29, 1.82) is 0 Å². The Hall–Kier alpha value is -2.53. The average Bonchev–Trinajstić information content (AvgIpc) is 2.67. The molecule has 0 spiro atoms. The fourth-order valence-electron chi connectivity index (χ4n) is 2.96. The molecule has 0 bridgehead atoms. The lowest BCUT2D eigenvalue weighted by molar-refractivity contribution is -0.115. The number of carbonyl (C=O) groups excluding carboxylic acids is 1. The molecule has 3 aromatic rings. The third kappa shape index (κ3) is 4.42. The molecule has 5 heteroatoms. The Morgan fingerprint density at radius 2 is 1.89 bits per heavy atom. The number of aromatic nitrogens is 1. The van der Waals surface area contributed by atoms with Gasteiger partial charge in [-0.1, -0.05) is 36.9 Å². The molecule has 0 aliphatic rings. The van der Waals surface area contributed by atoms with Crippen LogP contribution in [0.4, 0.5) is 5.69 Å². The van der Waals surface area contributed by atoms with Gasteiger partial charge in [0, 0.05) is 11.1 Å². The second-order valence-corrected chi connectivity index (χ2v) is 7.70. The number of carbonyl (C=O) groups is 1. The quantitative estimate of drug-likeness (QED) is 0.584. The second kappa shape index (κ2) is 8.44. The molecule has 1 aromatic heterocycles. The summed E-state index contributed by atoms with van der Waals surface area (Å²) in [5.74, 6) is 0.748. The van der Waals surface area contributed by atoms with Crippen LogP contribution in [0.15, 0.2) is 53.6 Å². The van der Waals surface area contributed by atoms with Gasteiger partial charge >= 0.3 is 0 Å². The first-order chi connectivity index (χ1) is 13.0. The zero-order valence-electron chi connectivity index (χ0n) is 16.1. The van der Waals surface area contributed by atoms with E-state index in [9.17, 15) is 4.79 Å². The highest BCUT2D eigenvalue weighted by atomic mass is 32.2. The van der Waals surface area contributed by atoms with Gasteiger partial charge in [0.2, 0.25) is 5.91 Å². The maximum absolute atomic E-state index is 12.7. The Kier molecular flexibility index (Phi) is 6.01. The van der Waals surface area contributed by atoms with E-state index in [0.29, 0.717) is 0 Å². The van der Waals surface area contributed by atoms with Crippen LogP contribution < -0.4 is 10.1 Å². The number of nitrogens with one attached hydrogen (secondary N) is 1. The van der Waals surface area contributed by atoms with Crippen molar-refractivity contribution in [2.45, 2.75) is 37.5 Å². The maximum atomic E-state index is 12.7. The number of thioether (sulfide) groups is 1. The van der Waals surface area contributed by atoms with Gasteiger partial charge in [0.05, 0.1) is 22.9 Å². The molecule has 0 fully saturated rings. The van der Waals surface area contributed by atoms with Crippen molar-refractivity contribution in [2.75, 3.05) is 12.4 Å². The van der Waals surface area contributed by atoms with Gasteiger partial charge < -0.3 is 10.1 Å². The van der Waals surface area contributed by atoms with Crippen LogP contribution in [-0.2, 0) is 4.79 Å². The molecule has 4 nitrogen and oxygen atoms in total. The number of methoxy groups -OCH3 is 1. The zero-order chi connectivity index (χ0) is 19.4. The molecule has 1 N–H and O–H groups in total. The monoisotopic (exact) mass is 380 g/mol. The lowest BCUT2D eigenvalue weighted by atomic mass is 10.1. The molecule has 0 radical (unpaired) electrons. The van der Waals surface area contributed by atoms with E-state index in [1.807, 2.05) is 31.2 Å². The van der Waals surface area contributed by atoms with E-state index in [4.69, 9.17) is 9.72 Å². The van der Waals surface area contributed by atoms with Crippen LogP contribution in [0.2, 0.25) is 0 Å². The summed E-state index contributed by atoms with van der Waals surface area (Å²) in [5, 5.41) is 4.82. The molecule has 1 amide bonds. The van der Waals surface area contributed by atoms with Gasteiger partial charge in [-0.2, -0.15) is 0 Å².